The van der Waals surface area contributed by atoms with Crippen LogP contribution in [0, 0.1) is 20.2 Å². The van der Waals surface area contributed by atoms with E-state index in [2.05, 4.69) is 10.5 Å². The van der Waals surface area contributed by atoms with Crippen LogP contribution in [0.2, 0.25) is 5.02 Å². The normalized spacial score (nSPS) is 11.1. The predicted molar refractivity (Wildman–Crippen MR) is 107 cm³/mol. The third kappa shape index (κ3) is 4.13. The Bertz CT molecular complexity index is 1070. The standard InChI is InChI=1S/C19H13ClN4O4/c20-16-9-5-4-8-15(16)19(13-6-2-1-3-7-13)22-21-17-11-10-14(23(25)26)12-18(17)24(27)28/h1-12,21H/b22-19-. The lowest BCUT2D eigenvalue weighted by molar-refractivity contribution is -0.393. The van der Waals surface area contributed by atoms with Crippen LogP contribution in [0.5, 0.6) is 0 Å². The Kier molecular flexibility index (Phi) is 5.61. The van der Waals surface area contributed by atoms with E-state index in [0.29, 0.717) is 16.3 Å². The van der Waals surface area contributed by atoms with Crippen molar-refractivity contribution in [3.63, 3.8) is 0 Å². The molecule has 0 aliphatic heterocycles. The van der Waals surface area contributed by atoms with Crippen molar-refractivity contribution >= 4 is 34.4 Å². The first-order valence-electron chi connectivity index (χ1n) is 8.04. The molecule has 9 heteroatoms. The summed E-state index contributed by atoms with van der Waals surface area (Å²) in [6, 6.07) is 19.5. The quantitative estimate of drug-likeness (QED) is 0.357. The summed E-state index contributed by atoms with van der Waals surface area (Å²) in [6.45, 7) is 0. The number of nitrogens with zero attached hydrogens (tertiary/aromatic N) is 3. The smallest absolute Gasteiger partial charge is 0.271 e. The lowest BCUT2D eigenvalue weighted by atomic mass is 10.0. The van der Waals surface area contributed by atoms with Crippen molar-refractivity contribution in [2.45, 2.75) is 0 Å². The van der Waals surface area contributed by atoms with Crippen molar-refractivity contribution < 1.29 is 9.85 Å². The maximum absolute atomic E-state index is 11.3. The number of hydrogen-bond donors (Lipinski definition) is 1. The molecule has 0 heterocycles. The van der Waals surface area contributed by atoms with E-state index < -0.39 is 15.5 Å². The number of halogens is 1. The molecular formula is C19H13ClN4O4. The van der Waals surface area contributed by atoms with Gasteiger partial charge in [-0.15, -0.1) is 0 Å². The van der Waals surface area contributed by atoms with E-state index >= 15 is 0 Å². The molecule has 0 amide bonds. The molecule has 0 atom stereocenters. The Labute approximate surface area is 164 Å². The van der Waals surface area contributed by atoms with Crippen LogP contribution >= 0.6 is 11.6 Å². The largest absolute Gasteiger partial charge is 0.301 e. The minimum Gasteiger partial charge on any atom is -0.271 e. The second-order valence-electron chi connectivity index (χ2n) is 5.63. The van der Waals surface area contributed by atoms with Gasteiger partial charge in [-0.05, 0) is 12.1 Å². The molecule has 0 aliphatic rings. The SMILES string of the molecule is O=[N+]([O-])c1ccc(N/N=C(/c2ccccc2)c2ccccc2Cl)c([N+](=O)[O-])c1. The second kappa shape index (κ2) is 8.28. The van der Waals surface area contributed by atoms with E-state index in [-0.39, 0.29) is 11.4 Å². The molecular weight excluding hydrogens is 384 g/mol. The molecule has 0 unspecified atom stereocenters. The zero-order chi connectivity index (χ0) is 20.1. The number of nitrogens with one attached hydrogen (secondary N) is 1. The van der Waals surface area contributed by atoms with Gasteiger partial charge in [0.15, 0.2) is 0 Å². The molecule has 8 nitrogen and oxygen atoms in total. The van der Waals surface area contributed by atoms with E-state index in [1.165, 1.54) is 12.1 Å². The molecule has 0 bridgehead atoms. The van der Waals surface area contributed by atoms with Gasteiger partial charge in [0.2, 0.25) is 0 Å². The summed E-state index contributed by atoms with van der Waals surface area (Å²) < 4.78 is 0. The number of anilines is 1. The minimum atomic E-state index is -0.706. The number of nitro benzene ring substituents is 2. The number of non-ortho nitro benzene ring substituents is 1. The Morgan fingerprint density at radius 2 is 1.57 bits per heavy atom. The van der Waals surface area contributed by atoms with Crippen molar-refractivity contribution in [2.24, 2.45) is 5.10 Å². The van der Waals surface area contributed by atoms with Crippen molar-refractivity contribution in [1.29, 1.82) is 0 Å². The molecule has 0 spiro atoms. The van der Waals surface area contributed by atoms with Gasteiger partial charge in [-0.2, -0.15) is 5.10 Å². The summed E-state index contributed by atoms with van der Waals surface area (Å²) in [5.41, 5.74) is 3.69. The number of benzene rings is 3. The van der Waals surface area contributed by atoms with E-state index in [1.807, 2.05) is 30.3 Å². The summed E-state index contributed by atoms with van der Waals surface area (Å²) >= 11 is 6.30. The molecule has 0 aliphatic carbocycles. The van der Waals surface area contributed by atoms with Gasteiger partial charge in [-0.25, -0.2) is 0 Å². The number of nitro groups is 2. The monoisotopic (exact) mass is 396 g/mol. The molecule has 0 saturated carbocycles. The van der Waals surface area contributed by atoms with Gasteiger partial charge in [0, 0.05) is 17.2 Å². The summed E-state index contributed by atoms with van der Waals surface area (Å²) in [7, 11) is 0. The summed E-state index contributed by atoms with van der Waals surface area (Å²) in [5, 5.41) is 27.0. The van der Waals surface area contributed by atoms with E-state index in [4.69, 9.17) is 11.6 Å². The third-order valence-corrected chi connectivity index (χ3v) is 4.18. The highest BCUT2D eigenvalue weighted by molar-refractivity contribution is 6.35. The van der Waals surface area contributed by atoms with Gasteiger partial charge in [-0.3, -0.25) is 25.7 Å². The van der Waals surface area contributed by atoms with Crippen molar-refractivity contribution in [3.8, 4) is 0 Å². The van der Waals surface area contributed by atoms with Crippen molar-refractivity contribution in [2.75, 3.05) is 5.43 Å². The maximum atomic E-state index is 11.3. The van der Waals surface area contributed by atoms with Crippen LogP contribution in [0.4, 0.5) is 17.1 Å². The average molecular weight is 397 g/mol. The molecule has 0 fully saturated rings. The fraction of sp³-hybridized carbons (Fsp3) is 0. The lowest BCUT2D eigenvalue weighted by Crippen LogP contribution is -2.08. The van der Waals surface area contributed by atoms with Crippen LogP contribution in [-0.2, 0) is 0 Å². The van der Waals surface area contributed by atoms with Crippen LogP contribution < -0.4 is 5.43 Å². The van der Waals surface area contributed by atoms with Crippen molar-refractivity contribution in [1.82, 2.24) is 0 Å². The zero-order valence-electron chi connectivity index (χ0n) is 14.3. The van der Waals surface area contributed by atoms with E-state index in [1.54, 1.807) is 24.3 Å². The summed E-state index contributed by atoms with van der Waals surface area (Å²) in [5.74, 6) is 0. The van der Waals surface area contributed by atoms with Crippen molar-refractivity contribution in [3.05, 3.63) is 109 Å². The topological polar surface area (TPSA) is 111 Å². The highest BCUT2D eigenvalue weighted by Crippen LogP contribution is 2.29. The molecule has 140 valence electrons. The Balaban J connectivity index is 2.07. The number of rotatable bonds is 6. The van der Waals surface area contributed by atoms with Crippen LogP contribution in [0.15, 0.2) is 77.9 Å². The van der Waals surface area contributed by atoms with Gasteiger partial charge in [0.05, 0.1) is 26.6 Å². The lowest BCUT2D eigenvalue weighted by Gasteiger charge is -2.10. The highest BCUT2D eigenvalue weighted by Gasteiger charge is 2.20. The summed E-state index contributed by atoms with van der Waals surface area (Å²) in [4.78, 5) is 20.8. The Morgan fingerprint density at radius 1 is 0.893 bits per heavy atom. The van der Waals surface area contributed by atoms with E-state index in [0.717, 1.165) is 11.6 Å². The Morgan fingerprint density at radius 3 is 2.21 bits per heavy atom. The van der Waals surface area contributed by atoms with Gasteiger partial charge >= 0.3 is 5.69 Å². The molecule has 0 saturated heterocycles. The Hall–Kier alpha value is -3.78. The first kappa shape index (κ1) is 19.0. The van der Waals surface area contributed by atoms with Gasteiger partial charge in [0.1, 0.15) is 5.69 Å². The van der Waals surface area contributed by atoms with Gasteiger partial charge < -0.3 is 0 Å². The molecule has 3 aromatic rings. The first-order valence-corrected chi connectivity index (χ1v) is 8.42. The fourth-order valence-corrected chi connectivity index (χ4v) is 2.75. The number of hydrogen-bond acceptors (Lipinski definition) is 6. The van der Waals surface area contributed by atoms with Gasteiger partial charge in [-0.1, -0.05) is 60.1 Å². The minimum absolute atomic E-state index is 0.0242. The molecule has 3 rings (SSSR count). The van der Waals surface area contributed by atoms with Crippen LogP contribution in [0.3, 0.4) is 0 Å². The molecule has 28 heavy (non-hydrogen) atoms. The van der Waals surface area contributed by atoms with Crippen LogP contribution in [0.25, 0.3) is 0 Å². The highest BCUT2D eigenvalue weighted by atomic mass is 35.5. The zero-order valence-corrected chi connectivity index (χ0v) is 15.0. The average Bonchev–Trinajstić information content (AvgIpc) is 2.70. The van der Waals surface area contributed by atoms with Crippen LogP contribution in [-0.4, -0.2) is 15.6 Å². The fourth-order valence-electron chi connectivity index (χ4n) is 2.52. The predicted octanol–water partition coefficient (Wildman–Crippen LogP) is 5.02. The maximum Gasteiger partial charge on any atom is 0.301 e. The summed E-state index contributed by atoms with van der Waals surface area (Å²) in [6.07, 6.45) is 0. The van der Waals surface area contributed by atoms with E-state index in [9.17, 15) is 20.2 Å². The molecule has 0 aromatic heterocycles. The van der Waals surface area contributed by atoms with Crippen LogP contribution in [0.1, 0.15) is 11.1 Å². The van der Waals surface area contributed by atoms with Gasteiger partial charge in [0.25, 0.3) is 5.69 Å². The second-order valence-corrected chi connectivity index (χ2v) is 6.04. The third-order valence-electron chi connectivity index (χ3n) is 3.85. The number of hydrazone groups is 1. The first-order chi connectivity index (χ1) is 13.5. The molecule has 3 aromatic carbocycles. The molecule has 1 N–H and O–H groups in total. The molecule has 0 radical (unpaired) electrons.